The van der Waals surface area contributed by atoms with Crippen molar-refractivity contribution in [2.75, 3.05) is 25.1 Å². The summed E-state index contributed by atoms with van der Waals surface area (Å²) in [5.74, 6) is 0.894. The van der Waals surface area contributed by atoms with Gasteiger partial charge in [-0.15, -0.1) is 0 Å². The van der Waals surface area contributed by atoms with Crippen molar-refractivity contribution in [2.24, 2.45) is 7.05 Å². The first kappa shape index (κ1) is 17.0. The number of hydrogen-bond donors (Lipinski definition) is 1. The maximum absolute atomic E-state index is 12.2. The molecule has 0 bridgehead atoms. The first-order valence-electron chi connectivity index (χ1n) is 8.20. The molecule has 2 aromatic rings. The fraction of sp³-hybridized carbons (Fsp3) is 0.529. The van der Waals surface area contributed by atoms with Crippen molar-refractivity contribution in [1.29, 1.82) is 0 Å². The van der Waals surface area contributed by atoms with Crippen molar-refractivity contribution in [3.63, 3.8) is 0 Å². The smallest absolute Gasteiger partial charge is 0.327 e. The second-order valence-electron chi connectivity index (χ2n) is 6.23. The highest BCUT2D eigenvalue weighted by molar-refractivity contribution is 7.08. The van der Waals surface area contributed by atoms with E-state index in [4.69, 9.17) is 4.74 Å². The molecule has 1 aliphatic rings. The summed E-state index contributed by atoms with van der Waals surface area (Å²) >= 11 is 1.59. The molecule has 1 N–H and O–H groups in total. The average Bonchev–Trinajstić information content (AvgIpc) is 3.21. The number of hydrogen-bond acceptors (Lipinski definition) is 6. The van der Waals surface area contributed by atoms with Crippen LogP contribution in [0.4, 0.5) is 5.82 Å². The van der Waals surface area contributed by atoms with Gasteiger partial charge in [0.2, 0.25) is 0 Å². The highest BCUT2D eigenvalue weighted by Crippen LogP contribution is 2.24. The van der Waals surface area contributed by atoms with Crippen molar-refractivity contribution < 1.29 is 9.53 Å². The molecule has 3 heterocycles. The molecule has 0 amide bonds. The summed E-state index contributed by atoms with van der Waals surface area (Å²) < 4.78 is 6.91. The van der Waals surface area contributed by atoms with Crippen LogP contribution < -0.4 is 10.2 Å². The SMILES string of the molecule is COC(=O)[C@H](N[C@H]1CCCN(c2cc(C)nn2C)C1)c1ccsc1. The molecular formula is C17H24N4O2S. The van der Waals surface area contributed by atoms with Gasteiger partial charge in [0, 0.05) is 32.2 Å². The number of nitrogens with one attached hydrogen (secondary N) is 1. The lowest BCUT2D eigenvalue weighted by Gasteiger charge is -2.35. The van der Waals surface area contributed by atoms with Gasteiger partial charge >= 0.3 is 5.97 Å². The number of carbonyl (C=O) groups excluding carboxylic acids is 1. The van der Waals surface area contributed by atoms with E-state index in [0.717, 1.165) is 43.0 Å². The zero-order chi connectivity index (χ0) is 17.1. The highest BCUT2D eigenvalue weighted by atomic mass is 32.1. The van der Waals surface area contributed by atoms with Crippen LogP contribution >= 0.6 is 11.3 Å². The quantitative estimate of drug-likeness (QED) is 0.840. The van der Waals surface area contributed by atoms with E-state index in [9.17, 15) is 4.79 Å². The number of nitrogens with zero attached hydrogens (tertiary/aromatic N) is 3. The summed E-state index contributed by atoms with van der Waals surface area (Å²) in [7, 11) is 3.41. The van der Waals surface area contributed by atoms with Gasteiger partial charge in [0.05, 0.1) is 12.8 Å². The maximum Gasteiger partial charge on any atom is 0.327 e. The van der Waals surface area contributed by atoms with Gasteiger partial charge in [-0.25, -0.2) is 4.79 Å². The van der Waals surface area contributed by atoms with Crippen molar-refractivity contribution in [3.8, 4) is 0 Å². The van der Waals surface area contributed by atoms with E-state index in [2.05, 4.69) is 21.4 Å². The summed E-state index contributed by atoms with van der Waals surface area (Å²) in [6, 6.07) is 3.92. The number of carbonyl (C=O) groups is 1. The number of thiophene rings is 1. The van der Waals surface area contributed by atoms with Crippen LogP contribution in [0.2, 0.25) is 0 Å². The van der Waals surface area contributed by atoms with E-state index in [0.29, 0.717) is 0 Å². The van der Waals surface area contributed by atoms with Crippen LogP contribution in [0.25, 0.3) is 0 Å². The van der Waals surface area contributed by atoms with E-state index < -0.39 is 6.04 Å². The molecule has 0 aliphatic carbocycles. The summed E-state index contributed by atoms with van der Waals surface area (Å²) in [5.41, 5.74) is 1.99. The van der Waals surface area contributed by atoms with Gasteiger partial charge in [0.15, 0.2) is 0 Å². The minimum atomic E-state index is -0.403. The first-order chi connectivity index (χ1) is 11.6. The molecule has 0 radical (unpaired) electrons. The first-order valence-corrected chi connectivity index (χ1v) is 9.14. The number of anilines is 1. The van der Waals surface area contributed by atoms with Crippen LogP contribution in [0, 0.1) is 6.92 Å². The van der Waals surface area contributed by atoms with Crippen molar-refractivity contribution >= 4 is 23.1 Å². The van der Waals surface area contributed by atoms with Crippen LogP contribution in [-0.4, -0.2) is 42.0 Å². The van der Waals surface area contributed by atoms with Gasteiger partial charge in [-0.05, 0) is 42.2 Å². The Labute approximate surface area is 146 Å². The molecule has 130 valence electrons. The van der Waals surface area contributed by atoms with Crippen LogP contribution in [0.3, 0.4) is 0 Å². The number of aromatic nitrogens is 2. The van der Waals surface area contributed by atoms with E-state index >= 15 is 0 Å². The minimum absolute atomic E-state index is 0.234. The van der Waals surface area contributed by atoms with E-state index in [-0.39, 0.29) is 12.0 Å². The molecule has 0 unspecified atom stereocenters. The van der Waals surface area contributed by atoms with Gasteiger partial charge in [-0.3, -0.25) is 10.00 Å². The molecule has 0 aromatic carbocycles. The number of methoxy groups -OCH3 is 1. The summed E-state index contributed by atoms with van der Waals surface area (Å²) in [6.07, 6.45) is 2.13. The summed E-state index contributed by atoms with van der Waals surface area (Å²) in [6.45, 7) is 3.88. The molecule has 7 heteroatoms. The van der Waals surface area contributed by atoms with Crippen LogP contribution in [0.5, 0.6) is 0 Å². The summed E-state index contributed by atoms with van der Waals surface area (Å²) in [4.78, 5) is 14.5. The second-order valence-corrected chi connectivity index (χ2v) is 7.01. The monoisotopic (exact) mass is 348 g/mol. The number of esters is 1. The molecule has 2 aromatic heterocycles. The Kier molecular flexibility index (Phi) is 5.20. The lowest BCUT2D eigenvalue weighted by Crippen LogP contribution is -2.48. The van der Waals surface area contributed by atoms with Gasteiger partial charge in [-0.1, -0.05) is 0 Å². The lowest BCUT2D eigenvalue weighted by atomic mass is 10.0. The maximum atomic E-state index is 12.2. The molecule has 1 aliphatic heterocycles. The molecule has 1 saturated heterocycles. The van der Waals surface area contributed by atoms with E-state index in [1.807, 2.05) is 35.5 Å². The minimum Gasteiger partial charge on any atom is -0.468 e. The number of ether oxygens (including phenoxy) is 1. The van der Waals surface area contributed by atoms with Gasteiger partial charge in [0.1, 0.15) is 11.9 Å². The molecule has 1 fully saturated rings. The predicted octanol–water partition coefficient (Wildman–Crippen LogP) is 2.26. The Morgan fingerprint density at radius 2 is 2.38 bits per heavy atom. The van der Waals surface area contributed by atoms with Crippen LogP contribution in [0.15, 0.2) is 22.9 Å². The number of rotatable bonds is 5. The lowest BCUT2D eigenvalue weighted by molar-refractivity contribution is -0.143. The number of aryl methyl sites for hydroxylation is 2. The zero-order valence-electron chi connectivity index (χ0n) is 14.4. The van der Waals surface area contributed by atoms with Crippen molar-refractivity contribution in [1.82, 2.24) is 15.1 Å². The highest BCUT2D eigenvalue weighted by Gasteiger charge is 2.28. The third-order valence-electron chi connectivity index (χ3n) is 4.44. The van der Waals surface area contributed by atoms with Crippen molar-refractivity contribution in [3.05, 3.63) is 34.2 Å². The van der Waals surface area contributed by atoms with Crippen LogP contribution in [0.1, 0.15) is 30.1 Å². The number of piperidine rings is 1. The van der Waals surface area contributed by atoms with Crippen LogP contribution in [-0.2, 0) is 16.6 Å². The van der Waals surface area contributed by atoms with Gasteiger partial charge in [-0.2, -0.15) is 16.4 Å². The normalized spacial score (nSPS) is 19.3. The standard InChI is InChI=1S/C17H24N4O2S/c1-12-9-15(20(2)19-12)21-7-4-5-14(10-21)18-16(17(22)23-3)13-6-8-24-11-13/h6,8-9,11,14,16,18H,4-5,7,10H2,1-3H3/t14-,16+/m0/s1. The van der Waals surface area contributed by atoms with E-state index in [1.165, 1.54) is 7.11 Å². The predicted molar refractivity (Wildman–Crippen MR) is 95.4 cm³/mol. The second kappa shape index (κ2) is 7.36. The molecule has 24 heavy (non-hydrogen) atoms. The Hall–Kier alpha value is -1.86. The fourth-order valence-corrected chi connectivity index (χ4v) is 3.99. The Bertz CT molecular complexity index is 683. The molecule has 0 saturated carbocycles. The summed E-state index contributed by atoms with van der Waals surface area (Å²) in [5, 5.41) is 11.9. The average molecular weight is 348 g/mol. The fourth-order valence-electron chi connectivity index (χ4n) is 3.31. The Morgan fingerprint density at radius 3 is 3.00 bits per heavy atom. The van der Waals surface area contributed by atoms with E-state index in [1.54, 1.807) is 11.3 Å². The Balaban J connectivity index is 1.72. The van der Waals surface area contributed by atoms with Gasteiger partial charge in [0.25, 0.3) is 0 Å². The topological polar surface area (TPSA) is 59.4 Å². The molecule has 0 spiro atoms. The van der Waals surface area contributed by atoms with Gasteiger partial charge < -0.3 is 9.64 Å². The zero-order valence-corrected chi connectivity index (χ0v) is 15.2. The molecule has 3 rings (SSSR count). The third kappa shape index (κ3) is 3.62. The third-order valence-corrected chi connectivity index (χ3v) is 5.14. The van der Waals surface area contributed by atoms with Crippen molar-refractivity contribution in [2.45, 2.75) is 31.8 Å². The molecule has 2 atom stereocenters. The molecule has 6 nitrogen and oxygen atoms in total. The Morgan fingerprint density at radius 1 is 1.54 bits per heavy atom. The largest absolute Gasteiger partial charge is 0.468 e. The molecular weight excluding hydrogens is 324 g/mol.